The lowest BCUT2D eigenvalue weighted by Gasteiger charge is -2.32. The summed E-state index contributed by atoms with van der Waals surface area (Å²) in [6, 6.07) is 10.6. The van der Waals surface area contributed by atoms with E-state index in [-0.39, 0.29) is 4.90 Å². The van der Waals surface area contributed by atoms with Gasteiger partial charge in [0.1, 0.15) is 0 Å². The molecule has 26 heavy (non-hydrogen) atoms. The number of likely N-dealkylation sites (tertiary alicyclic amines) is 1. The van der Waals surface area contributed by atoms with Gasteiger partial charge in [-0.15, -0.1) is 0 Å². The molecule has 1 aliphatic heterocycles. The first-order valence-corrected chi connectivity index (χ1v) is 10.8. The van der Waals surface area contributed by atoms with Crippen LogP contribution >= 0.6 is 11.6 Å². The van der Waals surface area contributed by atoms with Crippen LogP contribution in [0.15, 0.2) is 41.3 Å². The summed E-state index contributed by atoms with van der Waals surface area (Å²) in [4.78, 5) is 2.58. The molecular weight excluding hydrogens is 372 g/mol. The Balaban J connectivity index is 1.72. The van der Waals surface area contributed by atoms with Gasteiger partial charge in [0.25, 0.3) is 0 Å². The van der Waals surface area contributed by atoms with Gasteiger partial charge < -0.3 is 9.64 Å². The van der Waals surface area contributed by atoms with E-state index in [1.807, 2.05) is 18.2 Å². The normalized spacial score (nSPS) is 19.1. The van der Waals surface area contributed by atoms with Gasteiger partial charge in [-0.2, -0.15) is 0 Å². The van der Waals surface area contributed by atoms with Crippen LogP contribution in [0.5, 0.6) is 0 Å². The SMILES string of the molecule is COCCN1CCC[C@@H](CNS(=O)(=O)c2cccc3cccc(Cl)c23)C1. The molecule has 0 radical (unpaired) electrons. The number of ether oxygens (including phenoxy) is 1. The molecule has 2 aromatic rings. The topological polar surface area (TPSA) is 58.6 Å². The van der Waals surface area contributed by atoms with Crippen molar-refractivity contribution in [2.75, 3.05) is 39.9 Å². The van der Waals surface area contributed by atoms with Crippen molar-refractivity contribution >= 4 is 32.4 Å². The van der Waals surface area contributed by atoms with Crippen molar-refractivity contribution in [1.82, 2.24) is 9.62 Å². The summed E-state index contributed by atoms with van der Waals surface area (Å²) >= 11 is 6.27. The van der Waals surface area contributed by atoms with Gasteiger partial charge in [0.05, 0.1) is 11.5 Å². The van der Waals surface area contributed by atoms with Crippen molar-refractivity contribution in [1.29, 1.82) is 0 Å². The molecule has 0 unspecified atom stereocenters. The maximum Gasteiger partial charge on any atom is 0.241 e. The quantitative estimate of drug-likeness (QED) is 0.781. The van der Waals surface area contributed by atoms with E-state index in [2.05, 4.69) is 9.62 Å². The van der Waals surface area contributed by atoms with Crippen LogP contribution in [-0.4, -0.2) is 53.2 Å². The highest BCUT2D eigenvalue weighted by atomic mass is 35.5. The van der Waals surface area contributed by atoms with Gasteiger partial charge in [0.15, 0.2) is 0 Å². The highest BCUT2D eigenvalue weighted by molar-refractivity contribution is 7.89. The summed E-state index contributed by atoms with van der Waals surface area (Å²) in [7, 11) is -1.92. The minimum atomic E-state index is -3.62. The lowest BCUT2D eigenvalue weighted by atomic mass is 9.98. The molecule has 1 N–H and O–H groups in total. The third kappa shape index (κ3) is 4.56. The molecule has 1 heterocycles. The molecule has 1 fully saturated rings. The number of piperidine rings is 1. The first-order chi connectivity index (χ1) is 12.5. The van der Waals surface area contributed by atoms with E-state index in [1.54, 1.807) is 25.3 Å². The third-order valence-corrected chi connectivity index (χ3v) is 6.66. The van der Waals surface area contributed by atoms with E-state index >= 15 is 0 Å². The number of halogens is 1. The number of sulfonamides is 1. The molecule has 3 rings (SSSR count). The van der Waals surface area contributed by atoms with Crippen LogP contribution in [0.25, 0.3) is 10.8 Å². The Bertz CT molecular complexity index is 852. The van der Waals surface area contributed by atoms with Gasteiger partial charge >= 0.3 is 0 Å². The van der Waals surface area contributed by atoms with Crippen LogP contribution in [0, 0.1) is 5.92 Å². The van der Waals surface area contributed by atoms with Crippen LogP contribution in [0.2, 0.25) is 5.02 Å². The number of hydrogen-bond donors (Lipinski definition) is 1. The second-order valence-corrected chi connectivity index (χ2v) is 8.89. The number of benzene rings is 2. The lowest BCUT2D eigenvalue weighted by Crippen LogP contribution is -2.42. The standard InChI is InChI=1S/C19H25ClN2O3S/c1-25-12-11-22-10-4-5-15(14-22)13-21-26(23,24)18-9-3-7-16-6-2-8-17(20)19(16)18/h2-3,6-9,15,21H,4-5,10-14H2,1H3/t15-/m0/s1. The molecule has 0 saturated carbocycles. The molecule has 0 bridgehead atoms. The van der Waals surface area contributed by atoms with Crippen LogP contribution in [-0.2, 0) is 14.8 Å². The summed E-state index contributed by atoms with van der Waals surface area (Å²) < 4.78 is 33.7. The molecule has 0 aliphatic carbocycles. The van der Waals surface area contributed by atoms with Crippen molar-refractivity contribution in [3.05, 3.63) is 41.4 Å². The molecule has 7 heteroatoms. The fourth-order valence-electron chi connectivity index (χ4n) is 3.53. The molecule has 1 atom stereocenters. The maximum atomic E-state index is 12.9. The summed E-state index contributed by atoms with van der Waals surface area (Å²) in [5.74, 6) is 0.306. The maximum absolute atomic E-state index is 12.9. The van der Waals surface area contributed by atoms with Gasteiger partial charge in [-0.3, -0.25) is 0 Å². The molecule has 2 aromatic carbocycles. The molecule has 0 amide bonds. The summed E-state index contributed by atoms with van der Waals surface area (Å²) in [5.41, 5.74) is 0. The van der Waals surface area contributed by atoms with Crippen molar-refractivity contribution < 1.29 is 13.2 Å². The summed E-state index contributed by atoms with van der Waals surface area (Å²) in [6.45, 7) is 3.96. The van der Waals surface area contributed by atoms with Gasteiger partial charge in [0, 0.05) is 37.2 Å². The largest absolute Gasteiger partial charge is 0.383 e. The smallest absolute Gasteiger partial charge is 0.241 e. The Morgan fingerprint density at radius 3 is 2.81 bits per heavy atom. The van der Waals surface area contributed by atoms with E-state index < -0.39 is 10.0 Å². The molecule has 1 aliphatic rings. The fourth-order valence-corrected chi connectivity index (χ4v) is 5.24. The van der Waals surface area contributed by atoms with E-state index in [0.29, 0.717) is 29.5 Å². The van der Waals surface area contributed by atoms with E-state index in [0.717, 1.165) is 37.9 Å². The Kier molecular flexibility index (Phi) is 6.53. The number of rotatable bonds is 7. The predicted molar refractivity (Wildman–Crippen MR) is 105 cm³/mol. The summed E-state index contributed by atoms with van der Waals surface area (Å²) in [5, 5.41) is 1.85. The highest BCUT2D eigenvalue weighted by Gasteiger charge is 2.23. The Hall–Kier alpha value is -1.18. The van der Waals surface area contributed by atoms with Crippen molar-refractivity contribution in [3.63, 3.8) is 0 Å². The monoisotopic (exact) mass is 396 g/mol. The van der Waals surface area contributed by atoms with E-state index in [1.165, 1.54) is 0 Å². The zero-order valence-electron chi connectivity index (χ0n) is 14.9. The minimum Gasteiger partial charge on any atom is -0.383 e. The number of fused-ring (bicyclic) bond motifs is 1. The van der Waals surface area contributed by atoms with Crippen LogP contribution < -0.4 is 4.72 Å². The molecule has 0 aromatic heterocycles. The molecule has 142 valence electrons. The average Bonchev–Trinajstić information content (AvgIpc) is 2.65. The van der Waals surface area contributed by atoms with E-state index in [4.69, 9.17) is 16.3 Å². The number of hydrogen-bond acceptors (Lipinski definition) is 4. The fraction of sp³-hybridized carbons (Fsp3) is 0.474. The van der Waals surface area contributed by atoms with Crippen LogP contribution in [0.1, 0.15) is 12.8 Å². The molecular formula is C19H25ClN2O3S. The van der Waals surface area contributed by atoms with Gasteiger partial charge in [0.2, 0.25) is 10.0 Å². The third-order valence-electron chi connectivity index (χ3n) is 4.88. The van der Waals surface area contributed by atoms with Gasteiger partial charge in [-0.25, -0.2) is 13.1 Å². The van der Waals surface area contributed by atoms with Crippen LogP contribution in [0.3, 0.4) is 0 Å². The van der Waals surface area contributed by atoms with Gasteiger partial charge in [-0.1, -0.05) is 35.9 Å². The van der Waals surface area contributed by atoms with Crippen LogP contribution in [0.4, 0.5) is 0 Å². The highest BCUT2D eigenvalue weighted by Crippen LogP contribution is 2.29. The molecule has 1 saturated heterocycles. The van der Waals surface area contributed by atoms with Crippen molar-refractivity contribution in [2.45, 2.75) is 17.7 Å². The van der Waals surface area contributed by atoms with E-state index in [9.17, 15) is 8.42 Å². The summed E-state index contributed by atoms with van der Waals surface area (Å²) in [6.07, 6.45) is 2.11. The number of nitrogens with one attached hydrogen (secondary N) is 1. The molecule has 0 spiro atoms. The first kappa shape index (κ1) is 19.6. The molecule has 5 nitrogen and oxygen atoms in total. The predicted octanol–water partition coefficient (Wildman–Crippen LogP) is 3.13. The van der Waals surface area contributed by atoms with Gasteiger partial charge in [-0.05, 0) is 42.8 Å². The Labute approximate surface area is 160 Å². The Morgan fingerprint density at radius 2 is 2.04 bits per heavy atom. The lowest BCUT2D eigenvalue weighted by molar-refractivity contribution is 0.115. The van der Waals surface area contributed by atoms with Crippen molar-refractivity contribution in [3.8, 4) is 0 Å². The number of nitrogens with zero attached hydrogens (tertiary/aromatic N) is 1. The second kappa shape index (κ2) is 8.67. The minimum absolute atomic E-state index is 0.243. The first-order valence-electron chi connectivity index (χ1n) is 8.89. The second-order valence-electron chi connectivity index (χ2n) is 6.75. The zero-order valence-corrected chi connectivity index (χ0v) is 16.5. The zero-order chi connectivity index (χ0) is 18.6. The van der Waals surface area contributed by atoms with Crippen molar-refractivity contribution in [2.24, 2.45) is 5.92 Å². The average molecular weight is 397 g/mol. The number of methoxy groups -OCH3 is 1. The Morgan fingerprint density at radius 1 is 1.27 bits per heavy atom.